The molecule has 2 aliphatic rings. The number of rotatable bonds is 11. The molecule has 3 amide bonds. The number of thiazole rings is 1. The molecule has 2 unspecified atom stereocenters. The highest BCUT2D eigenvalue weighted by molar-refractivity contribution is 7.13. The normalized spacial score (nSPS) is 18.6. The molecule has 314 valence electrons. The second-order valence-electron chi connectivity index (χ2n) is 17.0. The summed E-state index contributed by atoms with van der Waals surface area (Å²) in [5.41, 5.74) is 7.62. The van der Waals surface area contributed by atoms with E-state index in [2.05, 4.69) is 42.8 Å². The zero-order valence-corrected chi connectivity index (χ0v) is 35.4. The molecule has 0 radical (unpaired) electrons. The topological polar surface area (TPSA) is 161 Å². The van der Waals surface area contributed by atoms with E-state index in [0.717, 1.165) is 45.7 Å². The first kappa shape index (κ1) is 42.6. The second kappa shape index (κ2) is 18.0. The second-order valence-corrected chi connectivity index (χ2v) is 17.9. The number of phenolic OH excluding ortho intramolecular Hbond substituents is 1. The van der Waals surface area contributed by atoms with E-state index in [-0.39, 0.29) is 48.7 Å². The molecule has 5 aromatic rings. The molecule has 60 heavy (non-hydrogen) atoms. The van der Waals surface area contributed by atoms with Crippen molar-refractivity contribution in [2.24, 2.45) is 5.41 Å². The lowest BCUT2D eigenvalue weighted by Crippen LogP contribution is -2.59. The zero-order valence-electron chi connectivity index (χ0n) is 34.6. The lowest BCUT2D eigenvalue weighted by molar-refractivity contribution is -0.144. The van der Waals surface area contributed by atoms with Crippen LogP contribution in [0.25, 0.3) is 32.8 Å². The Hall–Kier alpha value is -5.57. The molecule has 7 rings (SSSR count). The number of amides is 3. The summed E-state index contributed by atoms with van der Waals surface area (Å²) < 4.78 is 13.9. The van der Waals surface area contributed by atoms with Gasteiger partial charge in [-0.05, 0) is 97.6 Å². The number of hydrogen-bond donors (Lipinski definition) is 4. The summed E-state index contributed by atoms with van der Waals surface area (Å²) in [6, 6.07) is 19.6. The predicted octanol–water partition coefficient (Wildman–Crippen LogP) is 6.64. The molecule has 4 N–H and O–H groups in total. The number of halogens is 1. The molecule has 0 aliphatic carbocycles. The van der Waals surface area contributed by atoms with Crippen molar-refractivity contribution in [1.29, 1.82) is 0 Å². The average Bonchev–Trinajstić information content (AvgIpc) is 3.85. The highest BCUT2D eigenvalue weighted by atomic mass is 32.1. The van der Waals surface area contributed by atoms with Gasteiger partial charge in [0.15, 0.2) is 0 Å². The molecule has 12 nitrogen and oxygen atoms in total. The number of benzene rings is 3. The number of β-amino-alcohol motifs (C(OH)–C–C–N with tert-alkyl or cyclic N) is 1. The molecule has 0 saturated carbocycles. The van der Waals surface area contributed by atoms with Crippen molar-refractivity contribution in [3.63, 3.8) is 0 Å². The largest absolute Gasteiger partial charge is 0.507 e. The summed E-state index contributed by atoms with van der Waals surface area (Å²) >= 11 is 1.58. The lowest BCUT2D eigenvalue weighted by atomic mass is 9.85. The van der Waals surface area contributed by atoms with E-state index in [9.17, 15) is 29.0 Å². The third kappa shape index (κ3) is 9.72. The van der Waals surface area contributed by atoms with E-state index in [0.29, 0.717) is 24.7 Å². The first-order valence-corrected chi connectivity index (χ1v) is 21.3. The fourth-order valence-corrected chi connectivity index (χ4v) is 8.98. The van der Waals surface area contributed by atoms with Crippen molar-refractivity contribution in [2.75, 3.05) is 26.2 Å². The maximum atomic E-state index is 14.2. The van der Waals surface area contributed by atoms with Crippen LogP contribution in [0, 0.1) is 18.2 Å². The van der Waals surface area contributed by atoms with E-state index in [1.165, 1.54) is 28.7 Å². The van der Waals surface area contributed by atoms with Crippen LogP contribution in [0.3, 0.4) is 0 Å². The molecule has 2 fully saturated rings. The van der Waals surface area contributed by atoms with Crippen molar-refractivity contribution in [3.05, 3.63) is 107 Å². The number of phenols is 1. The molecular formula is C46H52FN7O5S. The van der Waals surface area contributed by atoms with Crippen LogP contribution in [0.4, 0.5) is 4.39 Å². The van der Waals surface area contributed by atoms with Crippen molar-refractivity contribution >= 4 is 29.1 Å². The molecule has 4 heterocycles. The molecule has 2 aromatic heterocycles. The Morgan fingerprint density at radius 2 is 1.65 bits per heavy atom. The Balaban J connectivity index is 0.926. The summed E-state index contributed by atoms with van der Waals surface area (Å²) in [6.45, 7) is 11.1. The number of nitrogens with one attached hydrogen (secondary N) is 2. The predicted molar refractivity (Wildman–Crippen MR) is 229 cm³/mol. The van der Waals surface area contributed by atoms with Crippen LogP contribution in [-0.2, 0) is 14.4 Å². The van der Waals surface area contributed by atoms with Gasteiger partial charge in [0.1, 0.15) is 23.7 Å². The summed E-state index contributed by atoms with van der Waals surface area (Å²) in [4.78, 5) is 50.4. The number of likely N-dealkylation sites (tertiary alicyclic amines) is 2. The van der Waals surface area contributed by atoms with Crippen LogP contribution in [0.2, 0.25) is 0 Å². The molecule has 0 bridgehead atoms. The molecule has 3 aromatic carbocycles. The summed E-state index contributed by atoms with van der Waals surface area (Å²) in [5.74, 6) is -1.26. The van der Waals surface area contributed by atoms with Gasteiger partial charge in [0, 0.05) is 24.1 Å². The van der Waals surface area contributed by atoms with Gasteiger partial charge in [0.05, 0.1) is 46.7 Å². The van der Waals surface area contributed by atoms with Gasteiger partial charge < -0.3 is 25.7 Å². The van der Waals surface area contributed by atoms with E-state index >= 15 is 0 Å². The number of aliphatic hydroxyl groups excluding tert-OH is 1. The summed E-state index contributed by atoms with van der Waals surface area (Å²) in [6.07, 6.45) is 2.59. The Bertz CT molecular complexity index is 2320. The van der Waals surface area contributed by atoms with Crippen molar-refractivity contribution in [2.45, 2.75) is 84.0 Å². The lowest BCUT2D eigenvalue weighted by Gasteiger charge is -2.36. The number of piperidine rings is 1. The van der Waals surface area contributed by atoms with Gasteiger partial charge in [-0.3, -0.25) is 19.3 Å². The summed E-state index contributed by atoms with van der Waals surface area (Å²) in [7, 11) is 0. The minimum atomic E-state index is -0.909. The van der Waals surface area contributed by atoms with Gasteiger partial charge in [-0.1, -0.05) is 69.3 Å². The number of carbonyl (C=O) groups excluding carboxylic acids is 3. The average molecular weight is 834 g/mol. The smallest absolute Gasteiger partial charge is 0.246 e. The van der Waals surface area contributed by atoms with Crippen LogP contribution >= 0.6 is 11.3 Å². The summed E-state index contributed by atoms with van der Waals surface area (Å²) in [5, 5.41) is 35.2. The highest BCUT2D eigenvalue weighted by Crippen LogP contribution is 2.34. The Morgan fingerprint density at radius 1 is 0.950 bits per heavy atom. The third-order valence-electron chi connectivity index (χ3n) is 11.6. The molecule has 2 aliphatic heterocycles. The van der Waals surface area contributed by atoms with Gasteiger partial charge >= 0.3 is 0 Å². The van der Waals surface area contributed by atoms with Crippen LogP contribution < -0.4 is 10.6 Å². The van der Waals surface area contributed by atoms with Gasteiger partial charge in [-0.25, -0.2) is 9.37 Å². The van der Waals surface area contributed by atoms with E-state index in [4.69, 9.17) is 0 Å². The Kier molecular flexibility index (Phi) is 12.7. The van der Waals surface area contributed by atoms with E-state index in [1.807, 2.05) is 76.5 Å². The minimum absolute atomic E-state index is 0.00505. The SMILES string of the molecule is Cc1ncsc1-c1ccc(C(C)NC(=O)[C@@H]2C[C@@H](O)CN2C(=O)C(NC(=O)CN2CCC(c3ccc(-c4cnnc(-c5cc(F)ccc5O)c4)cc3)CC2)C(C)(C)C)cc1. The van der Waals surface area contributed by atoms with Gasteiger partial charge in [-0.2, -0.15) is 10.2 Å². The van der Waals surface area contributed by atoms with Crippen molar-refractivity contribution in [1.82, 2.24) is 35.6 Å². The zero-order chi connectivity index (χ0) is 42.7. The number of aliphatic hydroxyl groups is 1. The van der Waals surface area contributed by atoms with Crippen LogP contribution in [-0.4, -0.2) is 97.3 Å². The number of carbonyl (C=O) groups is 3. The number of aryl methyl sites for hydroxylation is 1. The van der Waals surface area contributed by atoms with Crippen molar-refractivity contribution < 1.29 is 29.0 Å². The van der Waals surface area contributed by atoms with Crippen molar-refractivity contribution in [3.8, 4) is 38.6 Å². The van der Waals surface area contributed by atoms with E-state index in [1.54, 1.807) is 23.6 Å². The first-order valence-electron chi connectivity index (χ1n) is 20.4. The van der Waals surface area contributed by atoms with Crippen LogP contribution in [0.15, 0.2) is 84.5 Å². The molecule has 2 saturated heterocycles. The van der Waals surface area contributed by atoms with Gasteiger partial charge in [0.25, 0.3) is 0 Å². The number of aromatic nitrogens is 3. The minimum Gasteiger partial charge on any atom is -0.507 e. The van der Waals surface area contributed by atoms with E-state index < -0.39 is 35.3 Å². The van der Waals surface area contributed by atoms with Crippen LogP contribution in [0.5, 0.6) is 5.75 Å². The maximum absolute atomic E-state index is 14.2. The van der Waals surface area contributed by atoms with Crippen LogP contribution in [0.1, 0.15) is 75.7 Å². The Morgan fingerprint density at radius 3 is 2.32 bits per heavy atom. The van der Waals surface area contributed by atoms with Gasteiger partial charge in [0.2, 0.25) is 17.7 Å². The molecule has 4 atom stereocenters. The fraction of sp³-hybridized carbons (Fsp3) is 0.391. The maximum Gasteiger partial charge on any atom is 0.246 e. The molecule has 0 spiro atoms. The standard InChI is InChI=1S/C46H52FN7O5S/c1-27(29-6-12-33(13-7-29)42-28(2)48-26-60-42)50-44(58)39-22-36(55)24-54(39)45(59)43(46(3,4)5)51-41(57)25-53-18-16-32(17-19-53)30-8-10-31(11-9-30)34-20-38(52-49-23-34)37-21-35(47)14-15-40(37)56/h6-15,20-21,23,26-27,32,36,39,43,55-56H,16-19,22,24-25H2,1-5H3,(H,50,58)(H,51,57)/t27?,36-,39+,43?/m1/s1. The number of aromatic hydroxyl groups is 1. The number of hydrogen-bond acceptors (Lipinski definition) is 10. The quantitative estimate of drug-likeness (QED) is 0.115. The molecule has 14 heteroatoms. The first-order chi connectivity index (χ1) is 28.6. The third-order valence-corrected chi connectivity index (χ3v) is 12.6. The molecular weight excluding hydrogens is 782 g/mol. The fourth-order valence-electron chi connectivity index (χ4n) is 8.17. The number of nitrogens with zero attached hydrogens (tertiary/aromatic N) is 5. The highest BCUT2D eigenvalue weighted by Gasteiger charge is 2.45. The van der Waals surface area contributed by atoms with Gasteiger partial charge in [-0.15, -0.1) is 11.3 Å². The monoisotopic (exact) mass is 833 g/mol. The Labute approximate surface area is 353 Å².